The van der Waals surface area contributed by atoms with Crippen LogP contribution in [0.25, 0.3) is 6.08 Å². The number of carbonyl (C=O) groups is 2. The fourth-order valence-corrected chi connectivity index (χ4v) is 2.86. The molecular formula is C20H27N3O5. The zero-order chi connectivity index (χ0) is 20.9. The van der Waals surface area contributed by atoms with Crippen molar-refractivity contribution in [3.63, 3.8) is 0 Å². The molecule has 1 saturated carbocycles. The number of hydrogen-bond donors (Lipinski definition) is 2. The van der Waals surface area contributed by atoms with Gasteiger partial charge in [-0.1, -0.05) is 12.1 Å². The van der Waals surface area contributed by atoms with Crippen molar-refractivity contribution in [1.82, 2.24) is 10.6 Å². The summed E-state index contributed by atoms with van der Waals surface area (Å²) in [5, 5.41) is 16.7. The third kappa shape index (κ3) is 6.37. The molecule has 1 fully saturated rings. The monoisotopic (exact) mass is 389 g/mol. The van der Waals surface area contributed by atoms with E-state index in [0.29, 0.717) is 5.56 Å². The Morgan fingerprint density at radius 2 is 1.89 bits per heavy atom. The van der Waals surface area contributed by atoms with Crippen LogP contribution in [0.4, 0.5) is 10.5 Å². The van der Waals surface area contributed by atoms with E-state index in [2.05, 4.69) is 10.6 Å². The van der Waals surface area contributed by atoms with Gasteiger partial charge in [0.2, 0.25) is 5.91 Å². The average Bonchev–Trinajstić information content (AvgIpc) is 3.42. The highest BCUT2D eigenvalue weighted by molar-refractivity contribution is 5.93. The van der Waals surface area contributed by atoms with Gasteiger partial charge in [0.05, 0.1) is 16.0 Å². The second-order valence-corrected chi connectivity index (χ2v) is 8.19. The topological polar surface area (TPSA) is 111 Å². The quantitative estimate of drug-likeness (QED) is 0.422. The lowest BCUT2D eigenvalue weighted by Gasteiger charge is -2.31. The van der Waals surface area contributed by atoms with Gasteiger partial charge in [0.15, 0.2) is 0 Å². The number of rotatable bonds is 7. The first-order valence-corrected chi connectivity index (χ1v) is 9.21. The minimum absolute atomic E-state index is 0.0666. The molecule has 0 saturated heterocycles. The highest BCUT2D eigenvalue weighted by atomic mass is 16.6. The van der Waals surface area contributed by atoms with Gasteiger partial charge in [-0.2, -0.15) is 0 Å². The number of para-hydroxylation sites is 1. The number of benzene rings is 1. The van der Waals surface area contributed by atoms with Crippen LogP contribution in [0.15, 0.2) is 30.3 Å². The number of amides is 2. The van der Waals surface area contributed by atoms with Gasteiger partial charge in [-0.3, -0.25) is 14.9 Å². The van der Waals surface area contributed by atoms with E-state index in [1.807, 2.05) is 6.92 Å². The van der Waals surface area contributed by atoms with Crippen LogP contribution in [0.1, 0.15) is 46.1 Å². The molecule has 0 aliphatic heterocycles. The summed E-state index contributed by atoms with van der Waals surface area (Å²) in [6.07, 6.45) is 4.07. The molecule has 0 aromatic heterocycles. The Morgan fingerprint density at radius 1 is 1.25 bits per heavy atom. The van der Waals surface area contributed by atoms with Crippen molar-refractivity contribution >= 4 is 23.8 Å². The van der Waals surface area contributed by atoms with E-state index in [9.17, 15) is 19.7 Å². The second-order valence-electron chi connectivity index (χ2n) is 8.19. The lowest BCUT2D eigenvalue weighted by Crippen LogP contribution is -2.55. The average molecular weight is 389 g/mol. The number of ether oxygens (including phenoxy) is 1. The summed E-state index contributed by atoms with van der Waals surface area (Å²) in [5.74, 6) is -0.121. The third-order valence-electron chi connectivity index (χ3n) is 4.43. The van der Waals surface area contributed by atoms with Crippen molar-refractivity contribution in [1.29, 1.82) is 0 Å². The number of nitro benzene ring substituents is 1. The van der Waals surface area contributed by atoms with Crippen molar-refractivity contribution in [3.8, 4) is 0 Å². The maximum absolute atomic E-state index is 12.4. The van der Waals surface area contributed by atoms with Crippen LogP contribution in [0.3, 0.4) is 0 Å². The summed E-state index contributed by atoms with van der Waals surface area (Å²) in [6, 6.07) is 6.20. The minimum atomic E-state index is -0.624. The summed E-state index contributed by atoms with van der Waals surface area (Å²) in [5.41, 5.74) is -0.942. The van der Waals surface area contributed by atoms with Gasteiger partial charge in [0.1, 0.15) is 5.60 Å². The SMILES string of the molecule is CC(C)(C)OC(=O)NCC(C)(NC(=O)/C=C/c1ccccc1[N+](=O)[O-])C1CC1. The summed E-state index contributed by atoms with van der Waals surface area (Å²) in [4.78, 5) is 34.9. The van der Waals surface area contributed by atoms with Crippen LogP contribution in [-0.2, 0) is 9.53 Å². The highest BCUT2D eigenvalue weighted by Gasteiger charge is 2.42. The molecule has 1 unspecified atom stereocenters. The standard InChI is InChI=1S/C20H27N3O5/c1-19(2,3)28-18(25)21-13-20(4,15-10-11-15)22-17(24)12-9-14-7-5-6-8-16(14)23(26)27/h5-9,12,15H,10-11,13H2,1-4H3,(H,21,25)(H,22,24)/b12-9+. The van der Waals surface area contributed by atoms with Gasteiger partial charge >= 0.3 is 6.09 Å². The Balaban J connectivity index is 2.01. The number of carbonyl (C=O) groups excluding carboxylic acids is 2. The van der Waals surface area contributed by atoms with Gasteiger partial charge in [0, 0.05) is 18.7 Å². The van der Waals surface area contributed by atoms with E-state index in [-0.39, 0.29) is 24.1 Å². The molecule has 8 heteroatoms. The lowest BCUT2D eigenvalue weighted by atomic mass is 9.95. The first-order valence-electron chi connectivity index (χ1n) is 9.21. The van der Waals surface area contributed by atoms with Crippen LogP contribution >= 0.6 is 0 Å². The fourth-order valence-electron chi connectivity index (χ4n) is 2.86. The molecule has 0 spiro atoms. The molecule has 28 heavy (non-hydrogen) atoms. The van der Waals surface area contributed by atoms with Crippen molar-refractivity contribution < 1.29 is 19.2 Å². The smallest absolute Gasteiger partial charge is 0.407 e. The molecule has 0 radical (unpaired) electrons. The molecular weight excluding hydrogens is 362 g/mol. The van der Waals surface area contributed by atoms with Crippen LogP contribution in [0.2, 0.25) is 0 Å². The van der Waals surface area contributed by atoms with Crippen LogP contribution in [0.5, 0.6) is 0 Å². The largest absolute Gasteiger partial charge is 0.444 e. The van der Waals surface area contributed by atoms with E-state index in [1.165, 1.54) is 18.2 Å². The van der Waals surface area contributed by atoms with Gasteiger partial charge in [-0.15, -0.1) is 0 Å². The number of hydrogen-bond acceptors (Lipinski definition) is 5. The zero-order valence-corrected chi connectivity index (χ0v) is 16.7. The summed E-state index contributed by atoms with van der Waals surface area (Å²) in [6.45, 7) is 7.45. The molecule has 0 heterocycles. The Bertz CT molecular complexity index is 780. The molecule has 152 valence electrons. The second kappa shape index (κ2) is 8.41. The number of alkyl carbamates (subject to hydrolysis) is 1. The lowest BCUT2D eigenvalue weighted by molar-refractivity contribution is -0.385. The molecule has 2 rings (SSSR count). The summed E-state index contributed by atoms with van der Waals surface area (Å²) >= 11 is 0. The first kappa shape index (κ1) is 21.4. The zero-order valence-electron chi connectivity index (χ0n) is 16.7. The Morgan fingerprint density at radius 3 is 2.46 bits per heavy atom. The van der Waals surface area contributed by atoms with E-state index in [1.54, 1.807) is 39.0 Å². The number of nitro groups is 1. The molecule has 1 aromatic carbocycles. The molecule has 2 N–H and O–H groups in total. The van der Waals surface area contributed by atoms with Crippen LogP contribution in [0, 0.1) is 16.0 Å². The Hall–Kier alpha value is -2.90. The minimum Gasteiger partial charge on any atom is -0.444 e. The summed E-state index contributed by atoms with van der Waals surface area (Å²) in [7, 11) is 0. The molecule has 1 aliphatic carbocycles. The molecule has 1 aromatic rings. The van der Waals surface area contributed by atoms with Gasteiger partial charge in [0.25, 0.3) is 5.69 Å². The predicted octanol–water partition coefficient (Wildman–Crippen LogP) is 3.42. The Kier molecular flexibility index (Phi) is 6.43. The Labute approximate surface area is 164 Å². The van der Waals surface area contributed by atoms with Crippen molar-refractivity contribution in [2.24, 2.45) is 5.92 Å². The van der Waals surface area contributed by atoms with Crippen molar-refractivity contribution in [3.05, 3.63) is 46.0 Å². The van der Waals surface area contributed by atoms with Crippen LogP contribution < -0.4 is 10.6 Å². The molecule has 1 aliphatic rings. The number of nitrogens with one attached hydrogen (secondary N) is 2. The fraction of sp³-hybridized carbons (Fsp3) is 0.500. The highest BCUT2D eigenvalue weighted by Crippen LogP contribution is 2.39. The van der Waals surface area contributed by atoms with Crippen LogP contribution in [-0.4, -0.2) is 34.6 Å². The number of nitrogens with zero attached hydrogens (tertiary/aromatic N) is 1. The van der Waals surface area contributed by atoms with E-state index < -0.39 is 22.2 Å². The summed E-state index contributed by atoms with van der Waals surface area (Å²) < 4.78 is 5.24. The maximum Gasteiger partial charge on any atom is 0.407 e. The van der Waals surface area contributed by atoms with Gasteiger partial charge < -0.3 is 15.4 Å². The van der Waals surface area contributed by atoms with E-state index >= 15 is 0 Å². The van der Waals surface area contributed by atoms with E-state index in [4.69, 9.17) is 4.74 Å². The van der Waals surface area contributed by atoms with Gasteiger partial charge in [-0.25, -0.2) is 4.79 Å². The van der Waals surface area contributed by atoms with Crippen molar-refractivity contribution in [2.45, 2.75) is 51.7 Å². The maximum atomic E-state index is 12.4. The third-order valence-corrected chi connectivity index (χ3v) is 4.43. The van der Waals surface area contributed by atoms with E-state index in [0.717, 1.165) is 12.8 Å². The predicted molar refractivity (Wildman–Crippen MR) is 106 cm³/mol. The normalized spacial score (nSPS) is 16.3. The molecule has 1 atom stereocenters. The first-order chi connectivity index (χ1) is 13.0. The van der Waals surface area contributed by atoms with Gasteiger partial charge in [-0.05, 0) is 58.6 Å². The molecule has 8 nitrogen and oxygen atoms in total. The molecule has 2 amide bonds. The molecule has 0 bridgehead atoms. The van der Waals surface area contributed by atoms with Crippen molar-refractivity contribution in [2.75, 3.05) is 6.54 Å².